The summed E-state index contributed by atoms with van der Waals surface area (Å²) in [6.07, 6.45) is 12.1. The summed E-state index contributed by atoms with van der Waals surface area (Å²) in [5.74, 6) is 6.97. The largest absolute Gasteiger partial charge is 0.373 e. The highest BCUT2D eigenvalue weighted by atomic mass is 32.3. The minimum absolute atomic E-state index is 0.182. The minimum atomic E-state index is -0.457. The Kier molecular flexibility index (Phi) is 7.92. The lowest BCUT2D eigenvalue weighted by Gasteiger charge is -2.26. The lowest BCUT2D eigenvalue weighted by molar-refractivity contribution is 0.0943. The summed E-state index contributed by atoms with van der Waals surface area (Å²) in [4.78, 5) is 0. The molecule has 0 radical (unpaired) electrons. The van der Waals surface area contributed by atoms with Crippen LogP contribution < -0.4 is 5.84 Å². The molecule has 0 aliphatic rings. The van der Waals surface area contributed by atoms with Crippen LogP contribution in [0, 0.1) is 0 Å². The van der Waals surface area contributed by atoms with Gasteiger partial charge in [-0.25, -0.2) is 15.9 Å². The quantitative estimate of drug-likeness (QED) is 0.540. The molecule has 3 nitrogen and oxygen atoms in total. The van der Waals surface area contributed by atoms with E-state index in [-0.39, 0.29) is 6.10 Å². The van der Waals surface area contributed by atoms with Crippen molar-refractivity contribution >= 4 is 10.0 Å². The molecule has 0 rings (SSSR count). The van der Waals surface area contributed by atoms with E-state index in [0.29, 0.717) is 6.04 Å². The third-order valence-electron chi connectivity index (χ3n) is 2.50. The Balaban J connectivity index is 4.00. The van der Waals surface area contributed by atoms with E-state index in [0.717, 1.165) is 18.8 Å². The summed E-state index contributed by atoms with van der Waals surface area (Å²) in [6.45, 7) is 7.10. The summed E-state index contributed by atoms with van der Waals surface area (Å²) in [5.41, 5.74) is 0. The topological polar surface area (TPSA) is 38.5 Å². The first-order valence-electron chi connectivity index (χ1n) is 6.25. The zero-order chi connectivity index (χ0) is 13.5. The lowest BCUT2D eigenvalue weighted by atomic mass is 10.2. The van der Waals surface area contributed by atoms with Gasteiger partial charge in [-0.3, -0.25) is 0 Å². The standard InChI is InChI=1S/C13H30N2OS/c1-7-13(8-9-15(14)12(2)3)16-10-11-17(4,5)6/h8-9,12-13H,7,10-11,14H2,1-6H3/b9-8-. The molecule has 17 heavy (non-hydrogen) atoms. The number of ether oxygens (including phenoxy) is 1. The molecule has 0 saturated carbocycles. The molecular formula is C13H30N2OS. The molecule has 0 aliphatic carbocycles. The van der Waals surface area contributed by atoms with Gasteiger partial charge < -0.3 is 9.75 Å². The minimum Gasteiger partial charge on any atom is -0.373 e. The molecule has 0 aromatic heterocycles. The predicted molar refractivity (Wildman–Crippen MR) is 80.6 cm³/mol. The maximum Gasteiger partial charge on any atom is 0.0770 e. The van der Waals surface area contributed by atoms with Crippen LogP contribution in [0.2, 0.25) is 0 Å². The number of hydrogen-bond donors (Lipinski definition) is 1. The molecule has 104 valence electrons. The third kappa shape index (κ3) is 9.51. The Hall–Kier alpha value is -0.190. The highest BCUT2D eigenvalue weighted by Crippen LogP contribution is 2.33. The Morgan fingerprint density at radius 3 is 2.29 bits per heavy atom. The molecule has 4 heteroatoms. The monoisotopic (exact) mass is 262 g/mol. The van der Waals surface area contributed by atoms with Gasteiger partial charge in [-0.1, -0.05) is 6.92 Å². The smallest absolute Gasteiger partial charge is 0.0770 e. The Bertz CT molecular complexity index is 224. The summed E-state index contributed by atoms with van der Waals surface area (Å²) < 4.78 is 5.85. The average molecular weight is 262 g/mol. The van der Waals surface area contributed by atoms with Crippen molar-refractivity contribution in [2.24, 2.45) is 5.84 Å². The van der Waals surface area contributed by atoms with Gasteiger partial charge in [0, 0.05) is 18.0 Å². The van der Waals surface area contributed by atoms with Gasteiger partial charge in [-0.05, 0) is 45.1 Å². The molecule has 1 atom stereocenters. The van der Waals surface area contributed by atoms with E-state index in [1.807, 2.05) is 6.20 Å². The van der Waals surface area contributed by atoms with Crippen LogP contribution in [0.3, 0.4) is 0 Å². The fourth-order valence-corrected chi connectivity index (χ4v) is 1.72. The van der Waals surface area contributed by atoms with Gasteiger partial charge in [-0.15, -0.1) is 0 Å². The Labute approximate surface area is 109 Å². The first-order chi connectivity index (χ1) is 7.76. The van der Waals surface area contributed by atoms with E-state index < -0.39 is 10.0 Å². The van der Waals surface area contributed by atoms with Crippen LogP contribution in [-0.2, 0) is 4.74 Å². The van der Waals surface area contributed by atoms with Gasteiger partial charge >= 0.3 is 0 Å². The second-order valence-corrected chi connectivity index (χ2v) is 10.1. The molecule has 0 amide bonds. The second kappa shape index (κ2) is 8.01. The summed E-state index contributed by atoms with van der Waals surface area (Å²) in [5, 5.41) is 1.71. The Morgan fingerprint density at radius 2 is 1.88 bits per heavy atom. The highest BCUT2D eigenvalue weighted by Gasteiger charge is 2.07. The molecule has 0 bridgehead atoms. The van der Waals surface area contributed by atoms with E-state index in [4.69, 9.17) is 10.6 Å². The van der Waals surface area contributed by atoms with E-state index in [1.165, 1.54) is 0 Å². The third-order valence-corrected chi connectivity index (χ3v) is 3.89. The van der Waals surface area contributed by atoms with Crippen molar-refractivity contribution in [1.82, 2.24) is 5.01 Å². The molecule has 0 heterocycles. The van der Waals surface area contributed by atoms with Crippen LogP contribution >= 0.6 is 10.0 Å². The summed E-state index contributed by atoms with van der Waals surface area (Å²) in [7, 11) is -0.457. The van der Waals surface area contributed by atoms with Crippen molar-refractivity contribution in [2.75, 3.05) is 31.1 Å². The van der Waals surface area contributed by atoms with Crippen LogP contribution in [0.15, 0.2) is 12.3 Å². The normalized spacial score (nSPS) is 15.5. The molecular weight excluding hydrogens is 232 g/mol. The number of rotatable bonds is 8. The van der Waals surface area contributed by atoms with Crippen molar-refractivity contribution < 1.29 is 4.74 Å². The lowest BCUT2D eigenvalue weighted by Crippen LogP contribution is -2.32. The van der Waals surface area contributed by atoms with Crippen molar-refractivity contribution in [2.45, 2.75) is 39.3 Å². The van der Waals surface area contributed by atoms with Gasteiger partial charge in [0.15, 0.2) is 0 Å². The fourth-order valence-electron chi connectivity index (χ4n) is 1.13. The fraction of sp³-hybridized carbons (Fsp3) is 0.846. The zero-order valence-electron chi connectivity index (χ0n) is 12.3. The number of nitrogens with zero attached hydrogens (tertiary/aromatic N) is 1. The predicted octanol–water partition coefficient (Wildman–Crippen LogP) is 2.57. The van der Waals surface area contributed by atoms with Crippen LogP contribution in [0.4, 0.5) is 0 Å². The number of hydrazine groups is 1. The highest BCUT2D eigenvalue weighted by molar-refractivity contribution is 8.32. The molecule has 0 saturated heterocycles. The summed E-state index contributed by atoms with van der Waals surface area (Å²) >= 11 is 0. The van der Waals surface area contributed by atoms with Crippen molar-refractivity contribution in [3.63, 3.8) is 0 Å². The molecule has 2 N–H and O–H groups in total. The van der Waals surface area contributed by atoms with Gasteiger partial charge in [0.25, 0.3) is 0 Å². The van der Waals surface area contributed by atoms with E-state index in [1.54, 1.807) is 5.01 Å². The number of hydrogen-bond acceptors (Lipinski definition) is 3. The van der Waals surface area contributed by atoms with Crippen molar-refractivity contribution in [3.05, 3.63) is 12.3 Å². The van der Waals surface area contributed by atoms with Crippen molar-refractivity contribution in [3.8, 4) is 0 Å². The maximum atomic E-state index is 5.85. The molecule has 0 aliphatic heterocycles. The molecule has 0 fully saturated rings. The first kappa shape index (κ1) is 16.8. The number of nitrogens with two attached hydrogens (primary N) is 1. The van der Waals surface area contributed by atoms with Crippen LogP contribution in [0.25, 0.3) is 0 Å². The van der Waals surface area contributed by atoms with Crippen molar-refractivity contribution in [1.29, 1.82) is 0 Å². The maximum absolute atomic E-state index is 5.85. The van der Waals surface area contributed by atoms with E-state index >= 15 is 0 Å². The SMILES string of the molecule is CCC(/C=C\N(N)C(C)C)OCCS(C)(C)C. The van der Waals surface area contributed by atoms with Crippen LogP contribution in [0.5, 0.6) is 0 Å². The molecule has 0 spiro atoms. The summed E-state index contributed by atoms with van der Waals surface area (Å²) in [6, 6.07) is 0.322. The molecule has 0 aromatic rings. The molecule has 0 aromatic carbocycles. The van der Waals surface area contributed by atoms with Crippen LogP contribution in [0.1, 0.15) is 27.2 Å². The zero-order valence-corrected chi connectivity index (χ0v) is 13.1. The van der Waals surface area contributed by atoms with Gasteiger partial charge in [-0.2, -0.15) is 0 Å². The van der Waals surface area contributed by atoms with Crippen LogP contribution in [-0.4, -0.2) is 48.3 Å². The molecule has 1 unspecified atom stereocenters. The van der Waals surface area contributed by atoms with E-state index in [2.05, 4.69) is 45.6 Å². The Morgan fingerprint density at radius 1 is 1.29 bits per heavy atom. The van der Waals surface area contributed by atoms with Gasteiger partial charge in [0.05, 0.1) is 12.7 Å². The van der Waals surface area contributed by atoms with Gasteiger partial charge in [0.2, 0.25) is 0 Å². The van der Waals surface area contributed by atoms with Gasteiger partial charge in [0.1, 0.15) is 0 Å². The second-order valence-electron chi connectivity index (χ2n) is 5.49. The van der Waals surface area contributed by atoms with E-state index in [9.17, 15) is 0 Å². The average Bonchev–Trinajstić information content (AvgIpc) is 2.20. The first-order valence-corrected chi connectivity index (χ1v) is 9.28.